The number of hydrogen-bond donors (Lipinski definition) is 1. The minimum absolute atomic E-state index is 0.00459. The Kier molecular flexibility index (Phi) is 5.91. The molecule has 0 bridgehead atoms. The number of ether oxygens (including phenoxy) is 1. The van der Waals surface area contributed by atoms with Crippen molar-refractivity contribution in [2.24, 2.45) is 0 Å². The quantitative estimate of drug-likeness (QED) is 0.912. The monoisotopic (exact) mass is 344 g/mol. The third kappa shape index (κ3) is 4.78. The molecule has 0 saturated carbocycles. The number of benzene rings is 1. The van der Waals surface area contributed by atoms with Gasteiger partial charge in [0.25, 0.3) is 5.91 Å². The average molecular weight is 345 g/mol. The lowest BCUT2D eigenvalue weighted by molar-refractivity contribution is -0.135. The zero-order valence-corrected chi connectivity index (χ0v) is 13.8. The number of hydrogen-bond acceptors (Lipinski definition) is 3. The second-order valence-electron chi connectivity index (χ2n) is 5.24. The van der Waals surface area contributed by atoms with Crippen molar-refractivity contribution in [3.05, 3.63) is 28.2 Å². The fraction of sp³-hybridized carbons (Fsp3) is 0.467. The molecule has 1 aromatic rings. The minimum atomic E-state index is -0.133. The Morgan fingerprint density at radius 2 is 2.18 bits per heavy atom. The van der Waals surface area contributed by atoms with Crippen LogP contribution in [0.5, 0.6) is 5.75 Å². The highest BCUT2D eigenvalue weighted by atomic mass is 35.5. The van der Waals surface area contributed by atoms with Crippen LogP contribution >= 0.6 is 23.2 Å². The number of amides is 2. The van der Waals surface area contributed by atoms with Crippen LogP contribution in [0.25, 0.3) is 0 Å². The van der Waals surface area contributed by atoms with Crippen molar-refractivity contribution >= 4 is 35.0 Å². The van der Waals surface area contributed by atoms with Gasteiger partial charge < -0.3 is 15.0 Å². The van der Waals surface area contributed by atoms with Crippen LogP contribution in [0.4, 0.5) is 0 Å². The first-order valence-electron chi connectivity index (χ1n) is 7.08. The molecule has 0 aromatic heterocycles. The van der Waals surface area contributed by atoms with Crippen molar-refractivity contribution in [2.75, 3.05) is 19.7 Å². The molecule has 7 heteroatoms. The highest BCUT2D eigenvalue weighted by Crippen LogP contribution is 2.27. The van der Waals surface area contributed by atoms with Crippen LogP contribution in [-0.4, -0.2) is 42.5 Å². The fourth-order valence-corrected chi connectivity index (χ4v) is 2.76. The van der Waals surface area contributed by atoms with Gasteiger partial charge in [0.15, 0.2) is 6.61 Å². The first-order valence-corrected chi connectivity index (χ1v) is 7.84. The Balaban J connectivity index is 1.89. The summed E-state index contributed by atoms with van der Waals surface area (Å²) >= 11 is 11.9. The van der Waals surface area contributed by atoms with Gasteiger partial charge in [-0.25, -0.2) is 0 Å². The standard InChI is InChI=1S/C15H18Cl2N2O3/c1-10(20)18-12-3-2-6-19(8-12)15(21)9-22-14-7-11(16)4-5-13(14)17/h4-5,7,12H,2-3,6,8-9H2,1H3,(H,18,20). The van der Waals surface area contributed by atoms with Gasteiger partial charge in [0.2, 0.25) is 5.91 Å². The van der Waals surface area contributed by atoms with Crippen LogP contribution in [0.15, 0.2) is 18.2 Å². The van der Waals surface area contributed by atoms with E-state index in [4.69, 9.17) is 27.9 Å². The number of carbonyl (C=O) groups excluding carboxylic acids is 2. The molecule has 1 fully saturated rings. The Labute approximate surface area is 139 Å². The lowest BCUT2D eigenvalue weighted by Gasteiger charge is -2.33. The largest absolute Gasteiger partial charge is 0.482 e. The van der Waals surface area contributed by atoms with E-state index in [2.05, 4.69) is 5.32 Å². The molecule has 0 spiro atoms. The summed E-state index contributed by atoms with van der Waals surface area (Å²) in [5.41, 5.74) is 0. The molecule has 2 rings (SSSR count). The SMILES string of the molecule is CC(=O)NC1CCCN(C(=O)COc2cc(Cl)ccc2Cl)C1. The molecular weight excluding hydrogens is 327 g/mol. The van der Waals surface area contributed by atoms with E-state index in [9.17, 15) is 9.59 Å². The maximum atomic E-state index is 12.2. The van der Waals surface area contributed by atoms with Crippen LogP contribution in [0, 0.1) is 0 Å². The fourth-order valence-electron chi connectivity index (χ4n) is 2.43. The molecule has 1 heterocycles. The Bertz CT molecular complexity index is 566. The highest BCUT2D eigenvalue weighted by molar-refractivity contribution is 6.34. The third-order valence-corrected chi connectivity index (χ3v) is 3.97. The van der Waals surface area contributed by atoms with Gasteiger partial charge in [-0.1, -0.05) is 23.2 Å². The smallest absolute Gasteiger partial charge is 0.260 e. The number of carbonyl (C=O) groups is 2. The highest BCUT2D eigenvalue weighted by Gasteiger charge is 2.24. The summed E-state index contributed by atoms with van der Waals surface area (Å²) in [7, 11) is 0. The van der Waals surface area contributed by atoms with Crippen molar-refractivity contribution in [3.63, 3.8) is 0 Å². The summed E-state index contributed by atoms with van der Waals surface area (Å²) in [6.07, 6.45) is 1.74. The molecule has 1 aliphatic heterocycles. The van der Waals surface area contributed by atoms with Gasteiger partial charge in [0, 0.05) is 37.1 Å². The topological polar surface area (TPSA) is 58.6 Å². The van der Waals surface area contributed by atoms with Crippen molar-refractivity contribution in [2.45, 2.75) is 25.8 Å². The van der Waals surface area contributed by atoms with Crippen LogP contribution in [0.3, 0.4) is 0 Å². The van der Waals surface area contributed by atoms with E-state index in [1.165, 1.54) is 6.92 Å². The molecule has 0 aliphatic carbocycles. The Morgan fingerprint density at radius 1 is 1.41 bits per heavy atom. The zero-order valence-electron chi connectivity index (χ0n) is 12.3. The van der Waals surface area contributed by atoms with Crippen LogP contribution < -0.4 is 10.1 Å². The summed E-state index contributed by atoms with van der Waals surface area (Å²) in [4.78, 5) is 25.0. The van der Waals surface area contributed by atoms with Crippen molar-refractivity contribution < 1.29 is 14.3 Å². The molecule has 120 valence electrons. The molecule has 1 aliphatic rings. The van der Waals surface area contributed by atoms with Gasteiger partial charge in [-0.3, -0.25) is 9.59 Å². The lowest BCUT2D eigenvalue weighted by atomic mass is 10.1. The first kappa shape index (κ1) is 16.9. The number of halogens is 2. The van der Waals surface area contributed by atoms with Crippen molar-refractivity contribution in [3.8, 4) is 5.75 Å². The predicted octanol–water partition coefficient (Wildman–Crippen LogP) is 2.50. The molecule has 1 N–H and O–H groups in total. The molecule has 5 nitrogen and oxygen atoms in total. The number of likely N-dealkylation sites (tertiary alicyclic amines) is 1. The molecule has 1 aromatic carbocycles. The van der Waals surface area contributed by atoms with E-state index >= 15 is 0 Å². The van der Waals surface area contributed by atoms with Gasteiger partial charge in [-0.2, -0.15) is 0 Å². The van der Waals surface area contributed by atoms with E-state index in [-0.39, 0.29) is 24.5 Å². The Hall–Kier alpha value is -1.46. The Morgan fingerprint density at radius 3 is 2.91 bits per heavy atom. The summed E-state index contributed by atoms with van der Waals surface area (Å²) in [6.45, 7) is 2.55. The molecule has 1 unspecified atom stereocenters. The normalized spacial score (nSPS) is 18.0. The molecule has 2 amide bonds. The molecular formula is C15H18Cl2N2O3. The summed E-state index contributed by atoms with van der Waals surface area (Å²) in [5.74, 6) is 0.172. The molecule has 0 radical (unpaired) electrons. The summed E-state index contributed by atoms with van der Waals surface area (Å²) in [5, 5.41) is 3.75. The first-order chi connectivity index (χ1) is 10.5. The van der Waals surface area contributed by atoms with E-state index in [1.807, 2.05) is 0 Å². The maximum absolute atomic E-state index is 12.2. The van der Waals surface area contributed by atoms with Gasteiger partial charge in [0.1, 0.15) is 5.75 Å². The third-order valence-electron chi connectivity index (χ3n) is 3.43. The van der Waals surface area contributed by atoms with Crippen LogP contribution in [-0.2, 0) is 9.59 Å². The van der Waals surface area contributed by atoms with Gasteiger partial charge in [-0.15, -0.1) is 0 Å². The summed E-state index contributed by atoms with van der Waals surface area (Å²) in [6, 6.07) is 4.86. The second kappa shape index (κ2) is 7.70. The number of rotatable bonds is 4. The van der Waals surface area contributed by atoms with E-state index in [1.54, 1.807) is 23.1 Å². The van der Waals surface area contributed by atoms with Crippen LogP contribution in [0.2, 0.25) is 10.0 Å². The van der Waals surface area contributed by atoms with E-state index in [0.717, 1.165) is 12.8 Å². The zero-order chi connectivity index (χ0) is 16.1. The molecule has 1 saturated heterocycles. The maximum Gasteiger partial charge on any atom is 0.260 e. The van der Waals surface area contributed by atoms with Gasteiger partial charge >= 0.3 is 0 Å². The molecule has 1 atom stereocenters. The molecule has 22 heavy (non-hydrogen) atoms. The summed E-state index contributed by atoms with van der Waals surface area (Å²) < 4.78 is 5.45. The average Bonchev–Trinajstić information content (AvgIpc) is 2.47. The number of nitrogens with zero attached hydrogens (tertiary/aromatic N) is 1. The predicted molar refractivity (Wildman–Crippen MR) is 85.4 cm³/mol. The second-order valence-corrected chi connectivity index (χ2v) is 6.09. The van der Waals surface area contributed by atoms with Gasteiger partial charge in [0.05, 0.1) is 5.02 Å². The van der Waals surface area contributed by atoms with E-state index < -0.39 is 0 Å². The van der Waals surface area contributed by atoms with Gasteiger partial charge in [-0.05, 0) is 25.0 Å². The van der Waals surface area contributed by atoms with Crippen molar-refractivity contribution in [1.29, 1.82) is 0 Å². The lowest BCUT2D eigenvalue weighted by Crippen LogP contribution is -2.50. The number of piperidine rings is 1. The minimum Gasteiger partial charge on any atom is -0.482 e. The van der Waals surface area contributed by atoms with Crippen LogP contribution in [0.1, 0.15) is 19.8 Å². The van der Waals surface area contributed by atoms with E-state index in [0.29, 0.717) is 28.9 Å². The number of nitrogens with one attached hydrogen (secondary N) is 1. The van der Waals surface area contributed by atoms with Crippen molar-refractivity contribution in [1.82, 2.24) is 10.2 Å².